The number of aromatic nitrogens is 1. The standard InChI is InChI=1S/C14H18N2O3/c17-13-5-4-9-6-16(8-11(9)13)7-10-2-1-3-12(15-10)14(18)19/h1-3,9,11,13,17H,4-8H2,(H,18,19). The molecule has 0 amide bonds. The van der Waals surface area contributed by atoms with Crippen molar-refractivity contribution in [3.8, 4) is 0 Å². The highest BCUT2D eigenvalue weighted by atomic mass is 16.4. The lowest BCUT2D eigenvalue weighted by Gasteiger charge is -2.17. The van der Waals surface area contributed by atoms with Crippen molar-refractivity contribution in [2.45, 2.75) is 25.5 Å². The number of aliphatic hydroxyl groups is 1. The maximum atomic E-state index is 10.9. The van der Waals surface area contributed by atoms with Gasteiger partial charge in [0.2, 0.25) is 0 Å². The van der Waals surface area contributed by atoms with E-state index in [0.29, 0.717) is 18.4 Å². The molecule has 5 heteroatoms. The molecule has 1 aliphatic heterocycles. The number of carboxylic acid groups (broad SMARTS) is 1. The molecule has 1 aromatic rings. The molecule has 1 aromatic heterocycles. The quantitative estimate of drug-likeness (QED) is 0.849. The van der Waals surface area contributed by atoms with Crippen molar-refractivity contribution < 1.29 is 15.0 Å². The fourth-order valence-corrected chi connectivity index (χ4v) is 3.37. The molecule has 2 heterocycles. The highest BCUT2D eigenvalue weighted by molar-refractivity contribution is 5.85. The Morgan fingerprint density at radius 3 is 2.95 bits per heavy atom. The predicted octanol–water partition coefficient (Wildman–Crippen LogP) is 0.982. The largest absolute Gasteiger partial charge is 0.477 e. The third kappa shape index (κ3) is 2.48. The van der Waals surface area contributed by atoms with E-state index in [1.54, 1.807) is 6.07 Å². The van der Waals surface area contributed by atoms with Gasteiger partial charge < -0.3 is 10.2 Å². The first kappa shape index (κ1) is 12.6. The molecule has 2 fully saturated rings. The van der Waals surface area contributed by atoms with Gasteiger partial charge in [-0.15, -0.1) is 0 Å². The molecule has 5 nitrogen and oxygen atoms in total. The molecule has 3 atom stereocenters. The van der Waals surface area contributed by atoms with Gasteiger partial charge in [-0.3, -0.25) is 4.90 Å². The van der Waals surface area contributed by atoms with Crippen molar-refractivity contribution in [2.24, 2.45) is 11.8 Å². The van der Waals surface area contributed by atoms with Gasteiger partial charge in [0.15, 0.2) is 0 Å². The summed E-state index contributed by atoms with van der Waals surface area (Å²) < 4.78 is 0. The van der Waals surface area contributed by atoms with Crippen LogP contribution in [0, 0.1) is 11.8 Å². The first-order valence-electron chi connectivity index (χ1n) is 6.73. The SMILES string of the molecule is O=C(O)c1cccc(CN2CC3CCC(O)C3C2)n1. The summed E-state index contributed by atoms with van der Waals surface area (Å²) in [6.07, 6.45) is 1.87. The normalized spacial score (nSPS) is 30.5. The van der Waals surface area contributed by atoms with Crippen LogP contribution in [0.15, 0.2) is 18.2 Å². The molecule has 0 bridgehead atoms. The maximum Gasteiger partial charge on any atom is 0.354 e. The lowest BCUT2D eigenvalue weighted by atomic mass is 10.00. The summed E-state index contributed by atoms with van der Waals surface area (Å²) in [5, 5.41) is 18.8. The summed E-state index contributed by atoms with van der Waals surface area (Å²) in [4.78, 5) is 17.3. The van der Waals surface area contributed by atoms with Gasteiger partial charge >= 0.3 is 5.97 Å². The van der Waals surface area contributed by atoms with Gasteiger partial charge in [0.25, 0.3) is 0 Å². The third-order valence-electron chi connectivity index (χ3n) is 4.31. The first-order chi connectivity index (χ1) is 9.13. The molecule has 1 saturated carbocycles. The van der Waals surface area contributed by atoms with Crippen LogP contribution in [0.25, 0.3) is 0 Å². The van der Waals surface area contributed by atoms with E-state index in [-0.39, 0.29) is 11.8 Å². The van der Waals surface area contributed by atoms with Crippen molar-refractivity contribution >= 4 is 5.97 Å². The summed E-state index contributed by atoms with van der Waals surface area (Å²) in [7, 11) is 0. The average molecular weight is 262 g/mol. The van der Waals surface area contributed by atoms with Crippen LogP contribution in [0.3, 0.4) is 0 Å². The van der Waals surface area contributed by atoms with Gasteiger partial charge in [-0.25, -0.2) is 9.78 Å². The molecule has 0 spiro atoms. The molecule has 3 rings (SSSR count). The van der Waals surface area contributed by atoms with E-state index < -0.39 is 5.97 Å². The predicted molar refractivity (Wildman–Crippen MR) is 68.7 cm³/mol. The van der Waals surface area contributed by atoms with Crippen LogP contribution < -0.4 is 0 Å². The van der Waals surface area contributed by atoms with E-state index >= 15 is 0 Å². The van der Waals surface area contributed by atoms with Gasteiger partial charge in [-0.1, -0.05) is 6.07 Å². The van der Waals surface area contributed by atoms with Crippen molar-refractivity contribution in [2.75, 3.05) is 13.1 Å². The Hall–Kier alpha value is -1.46. The van der Waals surface area contributed by atoms with Crippen LogP contribution in [0.2, 0.25) is 0 Å². The molecule has 0 aromatic carbocycles. The number of rotatable bonds is 3. The highest BCUT2D eigenvalue weighted by Gasteiger charge is 2.41. The van der Waals surface area contributed by atoms with Crippen LogP contribution in [-0.2, 0) is 6.54 Å². The number of pyridine rings is 1. The Morgan fingerprint density at radius 2 is 2.21 bits per heavy atom. The minimum Gasteiger partial charge on any atom is -0.477 e. The van der Waals surface area contributed by atoms with E-state index in [1.807, 2.05) is 6.07 Å². The zero-order chi connectivity index (χ0) is 13.4. The van der Waals surface area contributed by atoms with E-state index in [4.69, 9.17) is 5.11 Å². The van der Waals surface area contributed by atoms with E-state index in [0.717, 1.165) is 31.6 Å². The topological polar surface area (TPSA) is 73.7 Å². The lowest BCUT2D eigenvalue weighted by Crippen LogP contribution is -2.25. The van der Waals surface area contributed by atoms with Gasteiger partial charge in [0.1, 0.15) is 5.69 Å². The van der Waals surface area contributed by atoms with E-state index in [1.165, 1.54) is 6.07 Å². The van der Waals surface area contributed by atoms with Gasteiger partial charge in [-0.05, 0) is 30.9 Å². The smallest absolute Gasteiger partial charge is 0.354 e. The minimum atomic E-state index is -0.990. The van der Waals surface area contributed by atoms with Crippen molar-refractivity contribution in [3.05, 3.63) is 29.6 Å². The molecular weight excluding hydrogens is 244 g/mol. The molecule has 19 heavy (non-hydrogen) atoms. The Kier molecular flexibility index (Phi) is 3.24. The second kappa shape index (κ2) is 4.90. The van der Waals surface area contributed by atoms with Crippen LogP contribution in [0.1, 0.15) is 29.0 Å². The van der Waals surface area contributed by atoms with Crippen LogP contribution in [-0.4, -0.2) is 45.3 Å². The summed E-state index contributed by atoms with van der Waals surface area (Å²) in [5.41, 5.74) is 0.881. The second-order valence-corrected chi connectivity index (χ2v) is 5.58. The number of likely N-dealkylation sites (tertiary alicyclic amines) is 1. The summed E-state index contributed by atoms with van der Waals surface area (Å²) in [5.74, 6) is -0.00382. The molecular formula is C14H18N2O3. The Bertz CT molecular complexity index is 491. The highest BCUT2D eigenvalue weighted by Crippen LogP contribution is 2.38. The fourth-order valence-electron chi connectivity index (χ4n) is 3.37. The number of hydrogen-bond donors (Lipinski definition) is 2. The molecule has 0 radical (unpaired) electrons. The third-order valence-corrected chi connectivity index (χ3v) is 4.31. The molecule has 1 saturated heterocycles. The number of hydrogen-bond acceptors (Lipinski definition) is 4. The molecule has 102 valence electrons. The molecule has 1 aliphatic carbocycles. The van der Waals surface area contributed by atoms with E-state index in [2.05, 4.69) is 9.88 Å². The Labute approximate surface area is 111 Å². The number of aliphatic hydroxyl groups excluding tert-OH is 1. The number of carbonyl (C=O) groups is 1. The van der Waals surface area contributed by atoms with Gasteiger partial charge in [0, 0.05) is 25.6 Å². The second-order valence-electron chi connectivity index (χ2n) is 5.58. The van der Waals surface area contributed by atoms with Crippen molar-refractivity contribution in [3.63, 3.8) is 0 Å². The number of nitrogens with zero attached hydrogens (tertiary/aromatic N) is 2. The van der Waals surface area contributed by atoms with Crippen molar-refractivity contribution in [1.82, 2.24) is 9.88 Å². The maximum absolute atomic E-state index is 10.9. The van der Waals surface area contributed by atoms with Crippen LogP contribution in [0.5, 0.6) is 0 Å². The molecule has 2 N–H and O–H groups in total. The summed E-state index contributed by atoms with van der Waals surface area (Å²) in [6.45, 7) is 2.55. The minimum absolute atomic E-state index is 0.0944. The number of aromatic carboxylic acids is 1. The number of carboxylic acids is 1. The summed E-state index contributed by atoms with van der Waals surface area (Å²) >= 11 is 0. The monoisotopic (exact) mass is 262 g/mol. The zero-order valence-electron chi connectivity index (χ0n) is 10.7. The van der Waals surface area contributed by atoms with Gasteiger partial charge in [-0.2, -0.15) is 0 Å². The van der Waals surface area contributed by atoms with Gasteiger partial charge in [0.05, 0.1) is 11.8 Å². The molecule has 2 aliphatic rings. The molecule has 3 unspecified atom stereocenters. The Balaban J connectivity index is 1.66. The number of fused-ring (bicyclic) bond motifs is 1. The van der Waals surface area contributed by atoms with Crippen LogP contribution >= 0.6 is 0 Å². The average Bonchev–Trinajstić information content (AvgIpc) is 2.92. The first-order valence-corrected chi connectivity index (χ1v) is 6.73. The zero-order valence-corrected chi connectivity index (χ0v) is 10.7. The summed E-state index contributed by atoms with van der Waals surface area (Å²) in [6, 6.07) is 5.10. The van der Waals surface area contributed by atoms with Crippen LogP contribution in [0.4, 0.5) is 0 Å². The fraction of sp³-hybridized carbons (Fsp3) is 0.571. The Morgan fingerprint density at radius 1 is 1.37 bits per heavy atom. The lowest BCUT2D eigenvalue weighted by molar-refractivity contribution is 0.0690. The van der Waals surface area contributed by atoms with E-state index in [9.17, 15) is 9.90 Å². The van der Waals surface area contributed by atoms with Crippen molar-refractivity contribution in [1.29, 1.82) is 0 Å².